The van der Waals surface area contributed by atoms with Crippen LogP contribution in [0.4, 0.5) is 5.82 Å². The van der Waals surface area contributed by atoms with E-state index in [1.54, 1.807) is 6.92 Å². The van der Waals surface area contributed by atoms with Crippen LogP contribution in [0.25, 0.3) is 10.2 Å². The molecule has 0 aliphatic rings. The highest BCUT2D eigenvalue weighted by molar-refractivity contribution is 7.20. The molecule has 2 N–H and O–H groups in total. The maximum absolute atomic E-state index is 12.1. The first-order chi connectivity index (χ1) is 10.8. The second-order valence-electron chi connectivity index (χ2n) is 4.92. The Morgan fingerprint density at radius 3 is 2.74 bits per heavy atom. The number of carboxylic acids is 1. The van der Waals surface area contributed by atoms with Gasteiger partial charge >= 0.3 is 11.9 Å². The number of ether oxygens (including phenoxy) is 1. The summed E-state index contributed by atoms with van der Waals surface area (Å²) in [6, 6.07) is -0.862. The lowest BCUT2D eigenvalue weighted by atomic mass is 10.2. The zero-order valence-electron chi connectivity index (χ0n) is 12.8. The number of aliphatic carboxylic acids is 1. The van der Waals surface area contributed by atoms with Gasteiger partial charge in [0.05, 0.1) is 12.0 Å². The van der Waals surface area contributed by atoms with E-state index in [4.69, 9.17) is 21.4 Å². The first-order valence-corrected chi connectivity index (χ1v) is 8.17. The van der Waals surface area contributed by atoms with Gasteiger partial charge in [-0.2, -0.15) is 0 Å². The average molecular weight is 358 g/mol. The van der Waals surface area contributed by atoms with Gasteiger partial charge in [0.1, 0.15) is 21.6 Å². The normalized spacial score (nSPS) is 12.2. The number of rotatable bonds is 6. The van der Waals surface area contributed by atoms with Crippen molar-refractivity contribution in [2.45, 2.75) is 33.2 Å². The molecule has 0 bridgehead atoms. The number of hydrogen-bond acceptors (Lipinski definition) is 7. The van der Waals surface area contributed by atoms with Crippen LogP contribution in [0.3, 0.4) is 0 Å². The van der Waals surface area contributed by atoms with Crippen molar-refractivity contribution >= 4 is 50.9 Å². The van der Waals surface area contributed by atoms with Crippen LogP contribution in [0.15, 0.2) is 0 Å². The summed E-state index contributed by atoms with van der Waals surface area (Å²) < 4.78 is 5.15. The Morgan fingerprint density at radius 1 is 1.43 bits per heavy atom. The van der Waals surface area contributed by atoms with E-state index in [-0.39, 0.29) is 11.1 Å². The SMILES string of the molecule is CCCOC(=O)c1sc2nc(Cl)nc(NC(C)C(=O)O)c2c1C. The number of halogens is 1. The Balaban J connectivity index is 2.50. The van der Waals surface area contributed by atoms with Crippen molar-refractivity contribution in [3.63, 3.8) is 0 Å². The molecule has 2 rings (SSSR count). The first kappa shape index (κ1) is 17.4. The third kappa shape index (κ3) is 3.70. The van der Waals surface area contributed by atoms with Crippen molar-refractivity contribution in [2.75, 3.05) is 11.9 Å². The Morgan fingerprint density at radius 2 is 2.13 bits per heavy atom. The Hall–Kier alpha value is -1.93. The molecule has 0 saturated heterocycles. The highest BCUT2D eigenvalue weighted by atomic mass is 35.5. The molecular formula is C14H16ClN3O4S. The van der Waals surface area contributed by atoms with E-state index in [0.717, 1.165) is 17.8 Å². The van der Waals surface area contributed by atoms with Crippen LogP contribution in [-0.4, -0.2) is 39.7 Å². The molecule has 1 unspecified atom stereocenters. The zero-order valence-corrected chi connectivity index (χ0v) is 14.4. The quantitative estimate of drug-likeness (QED) is 0.605. The lowest BCUT2D eigenvalue weighted by molar-refractivity contribution is -0.137. The van der Waals surface area contributed by atoms with Crippen molar-refractivity contribution in [3.05, 3.63) is 15.7 Å². The van der Waals surface area contributed by atoms with Crippen molar-refractivity contribution in [1.29, 1.82) is 0 Å². The highest BCUT2D eigenvalue weighted by Crippen LogP contribution is 2.35. The molecule has 7 nitrogen and oxygen atoms in total. The predicted octanol–water partition coefficient (Wildman–Crippen LogP) is 3.10. The van der Waals surface area contributed by atoms with Crippen LogP contribution in [0.5, 0.6) is 0 Å². The van der Waals surface area contributed by atoms with Gasteiger partial charge in [-0.05, 0) is 37.4 Å². The minimum absolute atomic E-state index is 0.0210. The summed E-state index contributed by atoms with van der Waals surface area (Å²) in [6.07, 6.45) is 0.726. The van der Waals surface area contributed by atoms with Gasteiger partial charge in [0, 0.05) is 0 Å². The van der Waals surface area contributed by atoms with Crippen molar-refractivity contribution in [1.82, 2.24) is 9.97 Å². The zero-order chi connectivity index (χ0) is 17.1. The Kier molecular flexibility index (Phi) is 5.38. The molecule has 0 radical (unpaired) electrons. The second kappa shape index (κ2) is 7.10. The molecule has 9 heteroatoms. The van der Waals surface area contributed by atoms with Gasteiger partial charge < -0.3 is 15.2 Å². The number of esters is 1. The Labute approximate surface area is 141 Å². The molecule has 0 fully saturated rings. The summed E-state index contributed by atoms with van der Waals surface area (Å²) in [6.45, 7) is 5.48. The second-order valence-corrected chi connectivity index (χ2v) is 6.25. The van der Waals surface area contributed by atoms with Crippen LogP contribution >= 0.6 is 22.9 Å². The number of hydrogen-bond donors (Lipinski definition) is 2. The molecule has 0 spiro atoms. The monoisotopic (exact) mass is 357 g/mol. The fourth-order valence-electron chi connectivity index (χ4n) is 1.94. The van der Waals surface area contributed by atoms with E-state index in [1.807, 2.05) is 6.92 Å². The topological polar surface area (TPSA) is 101 Å². The number of anilines is 1. The van der Waals surface area contributed by atoms with Gasteiger partial charge in [-0.25, -0.2) is 14.8 Å². The molecule has 0 aromatic carbocycles. The first-order valence-electron chi connectivity index (χ1n) is 6.98. The van der Waals surface area contributed by atoms with Gasteiger partial charge in [-0.3, -0.25) is 4.79 Å². The van der Waals surface area contributed by atoms with E-state index in [0.29, 0.717) is 27.3 Å². The van der Waals surface area contributed by atoms with Crippen LogP contribution in [0, 0.1) is 6.92 Å². The number of fused-ring (bicyclic) bond motifs is 1. The molecule has 2 heterocycles. The molecule has 2 aromatic rings. The number of aromatic nitrogens is 2. The molecule has 2 aromatic heterocycles. The summed E-state index contributed by atoms with van der Waals surface area (Å²) in [5, 5.41) is 12.4. The van der Waals surface area contributed by atoms with E-state index >= 15 is 0 Å². The van der Waals surface area contributed by atoms with Crippen molar-refractivity contribution in [3.8, 4) is 0 Å². The van der Waals surface area contributed by atoms with Crippen LogP contribution in [0.2, 0.25) is 5.28 Å². The number of nitrogens with one attached hydrogen (secondary N) is 1. The minimum Gasteiger partial charge on any atom is -0.480 e. The highest BCUT2D eigenvalue weighted by Gasteiger charge is 2.23. The van der Waals surface area contributed by atoms with E-state index in [2.05, 4.69) is 15.3 Å². The van der Waals surface area contributed by atoms with Gasteiger partial charge in [-0.15, -0.1) is 11.3 Å². The van der Waals surface area contributed by atoms with Gasteiger partial charge in [0.2, 0.25) is 5.28 Å². The smallest absolute Gasteiger partial charge is 0.348 e. The maximum atomic E-state index is 12.1. The van der Waals surface area contributed by atoms with Crippen molar-refractivity contribution < 1.29 is 19.4 Å². The third-order valence-electron chi connectivity index (χ3n) is 3.11. The van der Waals surface area contributed by atoms with Crippen LogP contribution in [0.1, 0.15) is 35.5 Å². The summed E-state index contributed by atoms with van der Waals surface area (Å²) >= 11 is 7.04. The number of carbonyl (C=O) groups is 2. The number of carbonyl (C=O) groups excluding carboxylic acids is 1. The fourth-order valence-corrected chi connectivity index (χ4v) is 3.23. The number of carboxylic acid groups (broad SMARTS) is 1. The number of thiophene rings is 1. The molecule has 0 aliphatic heterocycles. The van der Waals surface area contributed by atoms with E-state index in [9.17, 15) is 9.59 Å². The van der Waals surface area contributed by atoms with Crippen LogP contribution < -0.4 is 5.32 Å². The lowest BCUT2D eigenvalue weighted by Crippen LogP contribution is -2.26. The van der Waals surface area contributed by atoms with Crippen LogP contribution in [-0.2, 0) is 9.53 Å². The molecule has 124 valence electrons. The molecule has 0 amide bonds. The van der Waals surface area contributed by atoms with Gasteiger partial charge in [0.15, 0.2) is 0 Å². The molecule has 0 aliphatic carbocycles. The molecule has 0 saturated carbocycles. The summed E-state index contributed by atoms with van der Waals surface area (Å²) in [5.41, 5.74) is 0.642. The summed E-state index contributed by atoms with van der Waals surface area (Å²) in [4.78, 5) is 32.2. The molecule has 23 heavy (non-hydrogen) atoms. The average Bonchev–Trinajstić information content (AvgIpc) is 2.81. The number of nitrogens with zero attached hydrogens (tertiary/aromatic N) is 2. The number of aryl methyl sites for hydroxylation is 1. The predicted molar refractivity (Wildman–Crippen MR) is 88.5 cm³/mol. The van der Waals surface area contributed by atoms with E-state index < -0.39 is 18.0 Å². The molecular weight excluding hydrogens is 342 g/mol. The third-order valence-corrected chi connectivity index (χ3v) is 4.44. The van der Waals surface area contributed by atoms with Gasteiger partial charge in [0.25, 0.3) is 0 Å². The fraction of sp³-hybridized carbons (Fsp3) is 0.429. The Bertz CT molecular complexity index is 762. The largest absolute Gasteiger partial charge is 0.480 e. The lowest BCUT2D eigenvalue weighted by Gasteiger charge is -2.11. The van der Waals surface area contributed by atoms with Crippen molar-refractivity contribution in [2.24, 2.45) is 0 Å². The molecule has 1 atom stereocenters. The maximum Gasteiger partial charge on any atom is 0.348 e. The van der Waals surface area contributed by atoms with E-state index in [1.165, 1.54) is 6.92 Å². The summed E-state index contributed by atoms with van der Waals surface area (Å²) in [7, 11) is 0. The summed E-state index contributed by atoms with van der Waals surface area (Å²) in [5.74, 6) is -1.16. The van der Waals surface area contributed by atoms with Gasteiger partial charge in [-0.1, -0.05) is 6.92 Å². The standard InChI is InChI=1S/C14H16ClN3O4S/c1-4-5-22-13(21)9-6(2)8-10(16-7(3)12(19)20)17-14(15)18-11(8)23-9/h7H,4-5H2,1-3H3,(H,19,20)(H,16,17,18). The minimum atomic E-state index is -1.02.